The molecule has 0 saturated carbocycles. The fourth-order valence-electron chi connectivity index (χ4n) is 2.54. The third kappa shape index (κ3) is 5.35. The van der Waals surface area contributed by atoms with Crippen molar-refractivity contribution in [2.45, 2.75) is 13.2 Å². The molecule has 4 heteroatoms. The van der Waals surface area contributed by atoms with E-state index in [0.29, 0.717) is 18.8 Å². The standard InChI is InChI=1S/C23H23NO3/c1-24(2)23(25)20-10-8-19(9-11-20)17-27-22-14-12-21(13-15-22)26-16-18-6-4-3-5-7-18/h3-15H,16-17H2,1-2H3. The van der Waals surface area contributed by atoms with E-state index >= 15 is 0 Å². The van der Waals surface area contributed by atoms with E-state index in [1.54, 1.807) is 19.0 Å². The Hall–Kier alpha value is -3.27. The minimum atomic E-state index is -0.00596. The van der Waals surface area contributed by atoms with Crippen molar-refractivity contribution in [2.24, 2.45) is 0 Å². The van der Waals surface area contributed by atoms with Crippen LogP contribution in [0.3, 0.4) is 0 Å². The fraction of sp³-hybridized carbons (Fsp3) is 0.174. The number of carbonyl (C=O) groups is 1. The lowest BCUT2D eigenvalue weighted by atomic mass is 10.1. The van der Waals surface area contributed by atoms with E-state index in [-0.39, 0.29) is 5.91 Å². The van der Waals surface area contributed by atoms with Crippen LogP contribution in [-0.4, -0.2) is 24.9 Å². The summed E-state index contributed by atoms with van der Waals surface area (Å²) in [5.41, 5.74) is 2.81. The second kappa shape index (κ2) is 8.90. The molecule has 3 aromatic carbocycles. The van der Waals surface area contributed by atoms with Crippen molar-refractivity contribution in [3.63, 3.8) is 0 Å². The van der Waals surface area contributed by atoms with Crippen LogP contribution in [0.15, 0.2) is 78.9 Å². The highest BCUT2D eigenvalue weighted by Gasteiger charge is 2.07. The maximum absolute atomic E-state index is 11.9. The Kier molecular flexibility index (Phi) is 6.10. The molecule has 0 saturated heterocycles. The highest BCUT2D eigenvalue weighted by Crippen LogP contribution is 2.20. The molecule has 3 rings (SSSR count). The molecular weight excluding hydrogens is 338 g/mol. The normalized spacial score (nSPS) is 10.3. The van der Waals surface area contributed by atoms with Crippen LogP contribution in [0.5, 0.6) is 11.5 Å². The molecule has 1 amide bonds. The number of ether oxygens (including phenoxy) is 2. The van der Waals surface area contributed by atoms with Crippen LogP contribution < -0.4 is 9.47 Å². The lowest BCUT2D eigenvalue weighted by Gasteiger charge is -2.11. The second-order valence-electron chi connectivity index (χ2n) is 6.43. The van der Waals surface area contributed by atoms with Gasteiger partial charge in [-0.05, 0) is 47.5 Å². The summed E-state index contributed by atoms with van der Waals surface area (Å²) in [7, 11) is 3.49. The first-order chi connectivity index (χ1) is 13.1. The van der Waals surface area contributed by atoms with Crippen molar-refractivity contribution >= 4 is 5.91 Å². The van der Waals surface area contributed by atoms with Gasteiger partial charge in [-0.1, -0.05) is 42.5 Å². The van der Waals surface area contributed by atoms with Crippen LogP contribution in [0.1, 0.15) is 21.5 Å². The number of amides is 1. The van der Waals surface area contributed by atoms with E-state index in [1.807, 2.05) is 78.9 Å². The molecule has 0 aromatic heterocycles. The first-order valence-electron chi connectivity index (χ1n) is 8.82. The third-order valence-corrected chi connectivity index (χ3v) is 4.08. The van der Waals surface area contributed by atoms with Crippen LogP contribution in [0.25, 0.3) is 0 Å². The summed E-state index contributed by atoms with van der Waals surface area (Å²) in [5.74, 6) is 1.57. The highest BCUT2D eigenvalue weighted by molar-refractivity contribution is 5.93. The molecule has 4 nitrogen and oxygen atoms in total. The first-order valence-corrected chi connectivity index (χ1v) is 8.82. The quantitative estimate of drug-likeness (QED) is 0.620. The summed E-state index contributed by atoms with van der Waals surface area (Å²) in [6, 6.07) is 25.1. The molecule has 0 fully saturated rings. The van der Waals surface area contributed by atoms with Gasteiger partial charge in [-0.25, -0.2) is 0 Å². The molecule has 27 heavy (non-hydrogen) atoms. The maximum atomic E-state index is 11.9. The summed E-state index contributed by atoms with van der Waals surface area (Å²) in [6.45, 7) is 0.986. The molecule has 0 radical (unpaired) electrons. The average Bonchev–Trinajstić information content (AvgIpc) is 2.72. The Labute approximate surface area is 160 Å². The molecular formula is C23H23NO3. The smallest absolute Gasteiger partial charge is 0.253 e. The molecule has 138 valence electrons. The zero-order chi connectivity index (χ0) is 19.1. The number of nitrogens with zero attached hydrogens (tertiary/aromatic N) is 1. The Morgan fingerprint density at radius 1 is 0.704 bits per heavy atom. The minimum absolute atomic E-state index is 0.00596. The van der Waals surface area contributed by atoms with Gasteiger partial charge in [0, 0.05) is 19.7 Å². The Morgan fingerprint density at radius 3 is 1.67 bits per heavy atom. The van der Waals surface area contributed by atoms with Gasteiger partial charge in [-0.3, -0.25) is 4.79 Å². The number of hydrogen-bond donors (Lipinski definition) is 0. The van der Waals surface area contributed by atoms with Crippen molar-refractivity contribution in [3.8, 4) is 11.5 Å². The van der Waals surface area contributed by atoms with E-state index in [4.69, 9.17) is 9.47 Å². The molecule has 0 atom stereocenters. The number of benzene rings is 3. The summed E-state index contributed by atoms with van der Waals surface area (Å²) in [6.07, 6.45) is 0. The SMILES string of the molecule is CN(C)C(=O)c1ccc(COc2ccc(OCc3ccccc3)cc2)cc1. The number of hydrogen-bond acceptors (Lipinski definition) is 3. The molecule has 0 aliphatic carbocycles. The van der Waals surface area contributed by atoms with Crippen LogP contribution in [-0.2, 0) is 13.2 Å². The lowest BCUT2D eigenvalue weighted by Crippen LogP contribution is -2.21. The van der Waals surface area contributed by atoms with E-state index < -0.39 is 0 Å². The molecule has 0 heterocycles. The van der Waals surface area contributed by atoms with E-state index in [0.717, 1.165) is 22.6 Å². The molecule has 0 aliphatic rings. The molecule has 0 aliphatic heterocycles. The van der Waals surface area contributed by atoms with Gasteiger partial charge in [0.15, 0.2) is 0 Å². The molecule has 0 bridgehead atoms. The van der Waals surface area contributed by atoms with Gasteiger partial charge in [0.25, 0.3) is 5.91 Å². The third-order valence-electron chi connectivity index (χ3n) is 4.08. The molecule has 0 unspecified atom stereocenters. The summed E-state index contributed by atoms with van der Waals surface area (Å²) in [5, 5.41) is 0. The largest absolute Gasteiger partial charge is 0.489 e. The lowest BCUT2D eigenvalue weighted by molar-refractivity contribution is 0.0827. The highest BCUT2D eigenvalue weighted by atomic mass is 16.5. The summed E-state index contributed by atoms with van der Waals surface area (Å²) >= 11 is 0. The van der Waals surface area contributed by atoms with Crippen molar-refractivity contribution in [3.05, 3.63) is 95.6 Å². The van der Waals surface area contributed by atoms with Gasteiger partial charge < -0.3 is 14.4 Å². The topological polar surface area (TPSA) is 38.8 Å². The second-order valence-corrected chi connectivity index (χ2v) is 6.43. The van der Waals surface area contributed by atoms with Crippen molar-refractivity contribution < 1.29 is 14.3 Å². The van der Waals surface area contributed by atoms with E-state index in [2.05, 4.69) is 0 Å². The predicted octanol–water partition coefficient (Wildman–Crippen LogP) is 4.55. The first kappa shape index (κ1) is 18.5. The van der Waals surface area contributed by atoms with Crippen LogP contribution >= 0.6 is 0 Å². The van der Waals surface area contributed by atoms with Crippen molar-refractivity contribution in [1.29, 1.82) is 0 Å². The number of carbonyl (C=O) groups excluding carboxylic acids is 1. The molecule has 0 spiro atoms. The Bertz CT molecular complexity index is 856. The predicted molar refractivity (Wildman–Crippen MR) is 106 cm³/mol. The summed E-state index contributed by atoms with van der Waals surface area (Å²) in [4.78, 5) is 13.5. The van der Waals surface area contributed by atoms with E-state index in [1.165, 1.54) is 0 Å². The average molecular weight is 361 g/mol. The number of rotatable bonds is 7. The van der Waals surface area contributed by atoms with Gasteiger partial charge in [0.2, 0.25) is 0 Å². The van der Waals surface area contributed by atoms with Gasteiger partial charge >= 0.3 is 0 Å². The Morgan fingerprint density at radius 2 is 1.19 bits per heavy atom. The van der Waals surface area contributed by atoms with E-state index in [9.17, 15) is 4.79 Å². The zero-order valence-electron chi connectivity index (χ0n) is 15.6. The van der Waals surface area contributed by atoms with Gasteiger partial charge in [-0.15, -0.1) is 0 Å². The van der Waals surface area contributed by atoms with Crippen LogP contribution in [0.2, 0.25) is 0 Å². The zero-order valence-corrected chi connectivity index (χ0v) is 15.6. The van der Waals surface area contributed by atoms with Gasteiger partial charge in [0.1, 0.15) is 24.7 Å². The van der Waals surface area contributed by atoms with Gasteiger partial charge in [-0.2, -0.15) is 0 Å². The Balaban J connectivity index is 1.50. The maximum Gasteiger partial charge on any atom is 0.253 e. The fourth-order valence-corrected chi connectivity index (χ4v) is 2.54. The van der Waals surface area contributed by atoms with Crippen LogP contribution in [0.4, 0.5) is 0 Å². The van der Waals surface area contributed by atoms with Crippen molar-refractivity contribution in [2.75, 3.05) is 14.1 Å². The minimum Gasteiger partial charge on any atom is -0.489 e. The summed E-state index contributed by atoms with van der Waals surface area (Å²) < 4.78 is 11.6. The monoisotopic (exact) mass is 361 g/mol. The van der Waals surface area contributed by atoms with Crippen LogP contribution in [0, 0.1) is 0 Å². The van der Waals surface area contributed by atoms with Crippen molar-refractivity contribution in [1.82, 2.24) is 4.90 Å². The molecule has 3 aromatic rings. The molecule has 0 N–H and O–H groups in total. The van der Waals surface area contributed by atoms with Gasteiger partial charge in [0.05, 0.1) is 0 Å².